The van der Waals surface area contributed by atoms with Crippen molar-refractivity contribution in [2.45, 2.75) is 51.5 Å². The maximum Gasteiger partial charge on any atom is 0.0762 e. The minimum Gasteiger partial charge on any atom is -0.370 e. The summed E-state index contributed by atoms with van der Waals surface area (Å²) in [7, 11) is 1.98. The second kappa shape index (κ2) is 4.60. The van der Waals surface area contributed by atoms with Gasteiger partial charge in [0.1, 0.15) is 0 Å². The second-order valence-electron chi connectivity index (χ2n) is 5.22. The van der Waals surface area contributed by atoms with Crippen LogP contribution in [0.3, 0.4) is 0 Å². The fourth-order valence-corrected chi connectivity index (χ4v) is 2.39. The van der Waals surface area contributed by atoms with Crippen molar-refractivity contribution in [1.29, 1.82) is 0 Å². The summed E-state index contributed by atoms with van der Waals surface area (Å²) in [6.45, 7) is 6.25. The van der Waals surface area contributed by atoms with Crippen LogP contribution < -0.4 is 5.32 Å². The molecule has 1 unspecified atom stereocenters. The molecule has 90 valence electrons. The molecule has 1 aromatic rings. The van der Waals surface area contributed by atoms with Gasteiger partial charge in [-0.05, 0) is 45.9 Å². The zero-order valence-corrected chi connectivity index (χ0v) is 10.5. The lowest BCUT2D eigenvalue weighted by Crippen LogP contribution is -2.23. The van der Waals surface area contributed by atoms with Crippen LogP contribution in [0.2, 0.25) is 0 Å². The van der Waals surface area contributed by atoms with E-state index in [1.54, 1.807) is 0 Å². The van der Waals surface area contributed by atoms with Gasteiger partial charge in [-0.2, -0.15) is 0 Å². The maximum absolute atomic E-state index is 6.01. The number of ether oxygens (including phenoxy) is 1. The van der Waals surface area contributed by atoms with Crippen molar-refractivity contribution in [1.82, 2.24) is 9.88 Å². The summed E-state index contributed by atoms with van der Waals surface area (Å²) in [4.78, 5) is 0. The highest BCUT2D eigenvalue weighted by molar-refractivity contribution is 5.07. The van der Waals surface area contributed by atoms with Gasteiger partial charge in [0.05, 0.1) is 11.7 Å². The molecule has 2 heterocycles. The summed E-state index contributed by atoms with van der Waals surface area (Å²) < 4.78 is 8.31. The number of nitrogens with one attached hydrogen (secondary N) is 1. The molecule has 1 aromatic heterocycles. The molecule has 1 N–H and O–H groups in total. The van der Waals surface area contributed by atoms with Crippen LogP contribution in [0.25, 0.3) is 0 Å². The lowest BCUT2D eigenvalue weighted by atomic mass is 10.1. The highest BCUT2D eigenvalue weighted by Gasteiger charge is 2.31. The molecule has 1 aliphatic heterocycles. The van der Waals surface area contributed by atoms with E-state index in [0.29, 0.717) is 6.10 Å². The quantitative estimate of drug-likeness (QED) is 0.845. The molecule has 0 aliphatic carbocycles. The van der Waals surface area contributed by atoms with Gasteiger partial charge in [0.15, 0.2) is 0 Å². The van der Waals surface area contributed by atoms with E-state index in [1.165, 1.54) is 18.5 Å². The number of aromatic nitrogens is 1. The van der Waals surface area contributed by atoms with Crippen molar-refractivity contribution in [3.05, 3.63) is 24.0 Å². The molecule has 3 heteroatoms. The van der Waals surface area contributed by atoms with Crippen molar-refractivity contribution < 1.29 is 4.74 Å². The Morgan fingerprint density at radius 3 is 3.00 bits per heavy atom. The highest BCUT2D eigenvalue weighted by atomic mass is 16.5. The lowest BCUT2D eigenvalue weighted by molar-refractivity contribution is -0.0219. The zero-order chi connectivity index (χ0) is 11.6. The Balaban J connectivity index is 1.96. The molecular weight excluding hydrogens is 200 g/mol. The molecule has 1 aliphatic rings. The first kappa shape index (κ1) is 11.7. The monoisotopic (exact) mass is 222 g/mol. The fraction of sp³-hybridized carbons (Fsp3) is 0.692. The highest BCUT2D eigenvalue weighted by Crippen LogP contribution is 2.30. The first-order valence-corrected chi connectivity index (χ1v) is 6.07. The van der Waals surface area contributed by atoms with Crippen molar-refractivity contribution >= 4 is 0 Å². The van der Waals surface area contributed by atoms with Crippen LogP contribution in [0.1, 0.15) is 32.4 Å². The van der Waals surface area contributed by atoms with E-state index < -0.39 is 0 Å². The summed E-state index contributed by atoms with van der Waals surface area (Å²) in [6.07, 6.45) is 4.85. The van der Waals surface area contributed by atoms with Crippen LogP contribution >= 0.6 is 0 Å². The van der Waals surface area contributed by atoms with E-state index in [2.05, 4.69) is 42.1 Å². The van der Waals surface area contributed by atoms with E-state index in [0.717, 1.165) is 13.1 Å². The molecule has 1 saturated heterocycles. The lowest BCUT2D eigenvalue weighted by Gasteiger charge is -2.20. The Morgan fingerprint density at radius 2 is 2.38 bits per heavy atom. The number of nitrogens with zero attached hydrogens (tertiary/aromatic N) is 1. The van der Waals surface area contributed by atoms with E-state index in [-0.39, 0.29) is 5.60 Å². The van der Waals surface area contributed by atoms with Gasteiger partial charge in [-0.1, -0.05) is 0 Å². The molecule has 1 fully saturated rings. The minimum atomic E-state index is 0.0704. The predicted octanol–water partition coefficient (Wildman–Crippen LogP) is 2.17. The largest absolute Gasteiger partial charge is 0.370 e. The van der Waals surface area contributed by atoms with E-state index in [9.17, 15) is 0 Å². The average molecular weight is 222 g/mol. The van der Waals surface area contributed by atoms with Gasteiger partial charge in [0.25, 0.3) is 0 Å². The Morgan fingerprint density at radius 1 is 1.56 bits per heavy atom. The number of hydrogen-bond acceptors (Lipinski definition) is 2. The molecule has 2 rings (SSSR count). The van der Waals surface area contributed by atoms with Crippen LogP contribution in [-0.4, -0.2) is 23.3 Å². The molecule has 0 aromatic carbocycles. The molecule has 0 amide bonds. The van der Waals surface area contributed by atoms with Gasteiger partial charge >= 0.3 is 0 Å². The van der Waals surface area contributed by atoms with Gasteiger partial charge < -0.3 is 14.6 Å². The van der Waals surface area contributed by atoms with Crippen molar-refractivity contribution in [3.63, 3.8) is 0 Å². The molecule has 0 radical (unpaired) electrons. The molecular formula is C13H22N2O. The van der Waals surface area contributed by atoms with Crippen LogP contribution in [-0.2, 0) is 17.8 Å². The number of rotatable bonds is 4. The summed E-state index contributed by atoms with van der Waals surface area (Å²) in [6, 6.07) is 4.27. The van der Waals surface area contributed by atoms with Crippen molar-refractivity contribution in [2.24, 2.45) is 0 Å². The molecule has 0 spiro atoms. The van der Waals surface area contributed by atoms with Crippen LogP contribution in [0.4, 0.5) is 0 Å². The second-order valence-corrected chi connectivity index (χ2v) is 5.22. The third-order valence-electron chi connectivity index (χ3n) is 3.24. The Hall–Kier alpha value is -0.800. The van der Waals surface area contributed by atoms with Gasteiger partial charge in [-0.3, -0.25) is 0 Å². The summed E-state index contributed by atoms with van der Waals surface area (Å²) in [5.74, 6) is 0. The molecule has 1 atom stereocenters. The van der Waals surface area contributed by atoms with Crippen LogP contribution in [0, 0.1) is 0 Å². The first-order chi connectivity index (χ1) is 7.61. The van der Waals surface area contributed by atoms with E-state index >= 15 is 0 Å². The molecule has 16 heavy (non-hydrogen) atoms. The summed E-state index contributed by atoms with van der Waals surface area (Å²) in [5.41, 5.74) is 1.40. The molecule has 0 saturated carbocycles. The van der Waals surface area contributed by atoms with Crippen LogP contribution in [0.15, 0.2) is 18.3 Å². The fourth-order valence-electron chi connectivity index (χ4n) is 2.39. The van der Waals surface area contributed by atoms with Gasteiger partial charge in [-0.25, -0.2) is 0 Å². The minimum absolute atomic E-state index is 0.0704. The zero-order valence-electron chi connectivity index (χ0n) is 10.5. The Labute approximate surface area is 97.8 Å². The SMILES string of the molecule is CNCc1cccn1CC1CCC(C)(C)O1. The van der Waals surface area contributed by atoms with Gasteiger partial charge in [0.2, 0.25) is 0 Å². The standard InChI is InChI=1S/C13H22N2O/c1-13(2)7-6-12(16-13)10-15-8-4-5-11(15)9-14-3/h4-5,8,12,14H,6-7,9-10H2,1-3H3. The molecule has 0 bridgehead atoms. The smallest absolute Gasteiger partial charge is 0.0762 e. The van der Waals surface area contributed by atoms with E-state index in [1.807, 2.05) is 7.05 Å². The Bertz CT molecular complexity index is 343. The summed E-state index contributed by atoms with van der Waals surface area (Å²) >= 11 is 0. The molecule has 3 nitrogen and oxygen atoms in total. The van der Waals surface area contributed by atoms with Gasteiger partial charge in [-0.15, -0.1) is 0 Å². The normalized spacial score (nSPS) is 23.8. The predicted molar refractivity (Wildman–Crippen MR) is 65.4 cm³/mol. The average Bonchev–Trinajstić information content (AvgIpc) is 2.76. The third-order valence-corrected chi connectivity index (χ3v) is 3.24. The van der Waals surface area contributed by atoms with E-state index in [4.69, 9.17) is 4.74 Å². The van der Waals surface area contributed by atoms with Gasteiger partial charge in [0, 0.05) is 25.0 Å². The van der Waals surface area contributed by atoms with Crippen LogP contribution in [0.5, 0.6) is 0 Å². The number of hydrogen-bond donors (Lipinski definition) is 1. The maximum atomic E-state index is 6.01. The first-order valence-electron chi connectivity index (χ1n) is 6.07. The third kappa shape index (κ3) is 2.66. The van der Waals surface area contributed by atoms with Crippen molar-refractivity contribution in [2.75, 3.05) is 7.05 Å². The Kier molecular flexibility index (Phi) is 3.36. The topological polar surface area (TPSA) is 26.2 Å². The van der Waals surface area contributed by atoms with Crippen molar-refractivity contribution in [3.8, 4) is 0 Å². The summed E-state index contributed by atoms with van der Waals surface area (Å²) in [5, 5.41) is 3.19.